The minimum absolute atomic E-state index is 0.282. The Labute approximate surface area is 178 Å². The molecule has 0 bridgehead atoms. The maximum atomic E-state index is 11.9. The van der Waals surface area contributed by atoms with E-state index in [0.717, 1.165) is 53.7 Å². The van der Waals surface area contributed by atoms with Gasteiger partial charge in [0.15, 0.2) is 5.75 Å². The molecule has 2 heterocycles. The lowest BCUT2D eigenvalue weighted by Gasteiger charge is -2.35. The summed E-state index contributed by atoms with van der Waals surface area (Å²) in [6, 6.07) is 17.1. The van der Waals surface area contributed by atoms with E-state index in [2.05, 4.69) is 54.4 Å². The zero-order valence-corrected chi connectivity index (χ0v) is 18.1. The second kappa shape index (κ2) is 8.86. The van der Waals surface area contributed by atoms with Crippen LogP contribution in [-0.4, -0.2) is 36.0 Å². The van der Waals surface area contributed by atoms with Crippen molar-refractivity contribution in [3.8, 4) is 16.9 Å². The van der Waals surface area contributed by atoms with Gasteiger partial charge in [-0.3, -0.25) is 9.78 Å². The van der Waals surface area contributed by atoms with E-state index in [1.807, 2.05) is 17.9 Å². The summed E-state index contributed by atoms with van der Waals surface area (Å²) in [5.74, 6) is 2.21. The van der Waals surface area contributed by atoms with Crippen LogP contribution in [0.3, 0.4) is 0 Å². The largest absolute Gasteiger partial charge is 0.494 e. The Hall–Kier alpha value is -2.88. The maximum Gasteiger partial charge on any atom is 0.222 e. The zero-order valence-electron chi connectivity index (χ0n) is 18.1. The molecule has 1 aromatic heterocycles. The summed E-state index contributed by atoms with van der Waals surface area (Å²) in [6.45, 7) is 6.04. The van der Waals surface area contributed by atoms with Gasteiger partial charge in [0.1, 0.15) is 5.52 Å². The van der Waals surface area contributed by atoms with Crippen LogP contribution in [-0.2, 0) is 4.79 Å². The topological polar surface area (TPSA) is 42.4 Å². The summed E-state index contributed by atoms with van der Waals surface area (Å²) < 4.78 is 5.73. The van der Waals surface area contributed by atoms with Crippen molar-refractivity contribution in [1.29, 1.82) is 0 Å². The first-order chi connectivity index (χ1) is 14.6. The number of amides is 1. The molecular weight excluding hydrogens is 372 g/mol. The predicted octanol–water partition coefficient (Wildman–Crippen LogP) is 5.66. The fraction of sp³-hybridized carbons (Fsp3) is 0.385. The van der Waals surface area contributed by atoms with Crippen molar-refractivity contribution < 1.29 is 9.53 Å². The van der Waals surface area contributed by atoms with Gasteiger partial charge < -0.3 is 9.64 Å². The molecule has 0 spiro atoms. The second-order valence-electron chi connectivity index (χ2n) is 8.20. The van der Waals surface area contributed by atoms with Crippen molar-refractivity contribution in [3.63, 3.8) is 0 Å². The first-order valence-corrected chi connectivity index (χ1v) is 10.9. The van der Waals surface area contributed by atoms with Crippen molar-refractivity contribution >= 4 is 16.8 Å². The van der Waals surface area contributed by atoms with Crippen molar-refractivity contribution in [2.45, 2.75) is 39.0 Å². The summed E-state index contributed by atoms with van der Waals surface area (Å²) >= 11 is 0. The van der Waals surface area contributed by atoms with Crippen LogP contribution >= 0.6 is 0 Å². The van der Waals surface area contributed by atoms with Crippen LogP contribution in [0.25, 0.3) is 22.0 Å². The standard InChI is InChI=1S/C26H30N2O2/c1-4-24(29)28-16-13-20(14-17-28)18(2)19-7-9-21(10-8-19)23-12-11-22-6-5-15-27-25(22)26(23)30-3/h5-12,15,18,20H,4,13-14,16-17H2,1-3H3. The smallest absolute Gasteiger partial charge is 0.222 e. The molecule has 1 aliphatic rings. The lowest BCUT2D eigenvalue weighted by atomic mass is 9.81. The molecule has 1 saturated heterocycles. The molecule has 0 saturated carbocycles. The number of rotatable bonds is 5. The molecule has 156 valence electrons. The Kier molecular flexibility index (Phi) is 6.03. The minimum Gasteiger partial charge on any atom is -0.494 e. The van der Waals surface area contributed by atoms with Gasteiger partial charge in [-0.1, -0.05) is 50.2 Å². The number of carbonyl (C=O) groups is 1. The number of methoxy groups -OCH3 is 1. The van der Waals surface area contributed by atoms with Gasteiger partial charge in [0, 0.05) is 36.7 Å². The van der Waals surface area contributed by atoms with E-state index >= 15 is 0 Å². The Bertz CT molecular complexity index is 1020. The van der Waals surface area contributed by atoms with Gasteiger partial charge in [0.2, 0.25) is 5.91 Å². The predicted molar refractivity (Wildman–Crippen MR) is 122 cm³/mol. The molecule has 1 fully saturated rings. The molecule has 0 radical (unpaired) electrons. The normalized spacial score (nSPS) is 15.9. The van der Waals surface area contributed by atoms with Crippen molar-refractivity contribution in [3.05, 3.63) is 60.3 Å². The van der Waals surface area contributed by atoms with Gasteiger partial charge >= 0.3 is 0 Å². The highest BCUT2D eigenvalue weighted by atomic mass is 16.5. The highest BCUT2D eigenvalue weighted by Crippen LogP contribution is 2.37. The summed E-state index contributed by atoms with van der Waals surface area (Å²) in [6.07, 6.45) is 4.58. The molecule has 1 aliphatic heterocycles. The molecule has 30 heavy (non-hydrogen) atoms. The van der Waals surface area contributed by atoms with E-state index in [1.165, 1.54) is 5.56 Å². The van der Waals surface area contributed by atoms with Gasteiger partial charge in [0.05, 0.1) is 7.11 Å². The van der Waals surface area contributed by atoms with Gasteiger partial charge in [-0.25, -0.2) is 0 Å². The third kappa shape index (κ3) is 3.91. The van der Waals surface area contributed by atoms with Gasteiger partial charge in [-0.2, -0.15) is 0 Å². The van der Waals surface area contributed by atoms with Gasteiger partial charge in [0.25, 0.3) is 0 Å². The quantitative estimate of drug-likeness (QED) is 0.553. The Morgan fingerprint density at radius 2 is 1.87 bits per heavy atom. The highest BCUT2D eigenvalue weighted by molar-refractivity contribution is 5.92. The van der Waals surface area contributed by atoms with E-state index in [9.17, 15) is 4.79 Å². The van der Waals surface area contributed by atoms with E-state index in [4.69, 9.17) is 4.74 Å². The van der Waals surface area contributed by atoms with E-state index in [-0.39, 0.29) is 5.91 Å². The van der Waals surface area contributed by atoms with E-state index in [1.54, 1.807) is 13.3 Å². The number of fused-ring (bicyclic) bond motifs is 1. The monoisotopic (exact) mass is 402 g/mol. The maximum absolute atomic E-state index is 11.9. The summed E-state index contributed by atoms with van der Waals surface area (Å²) in [7, 11) is 1.71. The Morgan fingerprint density at radius 3 is 2.53 bits per heavy atom. The first-order valence-electron chi connectivity index (χ1n) is 10.9. The summed E-state index contributed by atoms with van der Waals surface area (Å²) in [5, 5.41) is 1.08. The number of pyridine rings is 1. The van der Waals surface area contributed by atoms with Crippen LogP contribution in [0, 0.1) is 5.92 Å². The molecule has 0 aliphatic carbocycles. The highest BCUT2D eigenvalue weighted by Gasteiger charge is 2.26. The fourth-order valence-electron chi connectivity index (χ4n) is 4.66. The molecule has 1 amide bonds. The second-order valence-corrected chi connectivity index (χ2v) is 8.20. The molecule has 0 N–H and O–H groups in total. The average molecular weight is 403 g/mol. The molecule has 1 atom stereocenters. The zero-order chi connectivity index (χ0) is 21.1. The molecule has 3 aromatic rings. The summed E-state index contributed by atoms with van der Waals surface area (Å²) in [5.41, 5.74) is 4.45. The minimum atomic E-state index is 0.282. The lowest BCUT2D eigenvalue weighted by molar-refractivity contribution is -0.132. The summed E-state index contributed by atoms with van der Waals surface area (Å²) in [4.78, 5) is 18.5. The lowest BCUT2D eigenvalue weighted by Crippen LogP contribution is -2.39. The van der Waals surface area contributed by atoms with Gasteiger partial charge in [-0.05, 0) is 47.9 Å². The molecule has 4 heteroatoms. The van der Waals surface area contributed by atoms with Crippen LogP contribution in [0.4, 0.5) is 0 Å². The van der Waals surface area contributed by atoms with Gasteiger partial charge in [-0.15, -0.1) is 0 Å². The average Bonchev–Trinajstić information content (AvgIpc) is 2.82. The van der Waals surface area contributed by atoms with Crippen LogP contribution in [0.5, 0.6) is 5.75 Å². The third-order valence-electron chi connectivity index (χ3n) is 6.58. The first kappa shape index (κ1) is 20.4. The number of ether oxygens (including phenoxy) is 1. The van der Waals surface area contributed by atoms with E-state index in [0.29, 0.717) is 18.3 Å². The SMILES string of the molecule is CCC(=O)N1CCC(C(C)c2ccc(-c3ccc4cccnc4c3OC)cc2)CC1. The third-order valence-corrected chi connectivity index (χ3v) is 6.58. The fourth-order valence-corrected chi connectivity index (χ4v) is 4.66. The molecule has 4 nitrogen and oxygen atoms in total. The van der Waals surface area contributed by atoms with Crippen LogP contribution in [0.1, 0.15) is 44.6 Å². The number of hydrogen-bond acceptors (Lipinski definition) is 3. The Balaban J connectivity index is 1.52. The number of likely N-dealkylation sites (tertiary alicyclic amines) is 1. The van der Waals surface area contributed by atoms with Crippen molar-refractivity contribution in [2.75, 3.05) is 20.2 Å². The molecule has 1 unspecified atom stereocenters. The number of benzene rings is 2. The van der Waals surface area contributed by atoms with Crippen LogP contribution < -0.4 is 4.74 Å². The van der Waals surface area contributed by atoms with Crippen molar-refractivity contribution in [1.82, 2.24) is 9.88 Å². The molecule has 2 aromatic carbocycles. The van der Waals surface area contributed by atoms with Crippen LogP contribution in [0.15, 0.2) is 54.7 Å². The van der Waals surface area contributed by atoms with E-state index < -0.39 is 0 Å². The Morgan fingerprint density at radius 1 is 1.13 bits per heavy atom. The number of hydrogen-bond donors (Lipinski definition) is 0. The number of nitrogens with zero attached hydrogens (tertiary/aromatic N) is 2. The number of aromatic nitrogens is 1. The van der Waals surface area contributed by atoms with Crippen LogP contribution in [0.2, 0.25) is 0 Å². The number of carbonyl (C=O) groups excluding carboxylic acids is 1. The molecular formula is C26H30N2O2. The number of piperidine rings is 1. The molecule has 4 rings (SSSR count). The van der Waals surface area contributed by atoms with Crippen molar-refractivity contribution in [2.24, 2.45) is 5.92 Å².